The first-order valence-electron chi connectivity index (χ1n) is 3.76. The summed E-state index contributed by atoms with van der Waals surface area (Å²) < 4.78 is 36.6. The monoisotopic (exact) mass is 206 g/mol. The zero-order valence-electron chi connectivity index (χ0n) is 6.97. The number of benzene rings is 1. The lowest BCUT2D eigenvalue weighted by molar-refractivity contribution is -0.137. The largest absolute Gasteiger partial charge is 0.416 e. The summed E-state index contributed by atoms with van der Waals surface area (Å²) in [6.07, 6.45) is -4.27. The van der Waals surface area contributed by atoms with Crippen LogP contribution in [0.25, 0.3) is 0 Å². The van der Waals surface area contributed by atoms with Gasteiger partial charge in [-0.05, 0) is 18.6 Å². The molecule has 13 heavy (non-hydrogen) atoms. The minimum atomic E-state index is -4.27. The van der Waals surface area contributed by atoms with Crippen LogP contribution in [0.2, 0.25) is 0 Å². The molecule has 1 aromatic rings. The molecule has 0 saturated carbocycles. The molecule has 0 radical (unpaired) electrons. The Morgan fingerprint density at radius 2 is 1.92 bits per heavy atom. The third-order valence-corrected chi connectivity index (χ3v) is 1.99. The van der Waals surface area contributed by atoms with Crippen molar-refractivity contribution in [3.05, 3.63) is 35.4 Å². The molecule has 0 N–H and O–H groups in total. The normalized spacial score (nSPS) is 14.2. The van der Waals surface area contributed by atoms with E-state index < -0.39 is 11.7 Å². The lowest BCUT2D eigenvalue weighted by Crippen LogP contribution is -2.05. The summed E-state index contributed by atoms with van der Waals surface area (Å²) in [5.41, 5.74) is -0.0379. The first-order chi connectivity index (χ1) is 5.91. The summed E-state index contributed by atoms with van der Waals surface area (Å²) in [5.74, 6) is 0. The van der Waals surface area contributed by atoms with Gasteiger partial charge in [0.05, 0.1) is 5.56 Å². The molecule has 1 aromatic carbocycles. The third-order valence-electron chi connectivity index (χ3n) is 1.70. The van der Waals surface area contributed by atoms with Crippen molar-refractivity contribution >= 4 is 12.6 Å². The van der Waals surface area contributed by atoms with E-state index in [2.05, 4.69) is 12.6 Å². The average molecular weight is 206 g/mol. The number of hydrogen-bond acceptors (Lipinski definition) is 1. The molecule has 0 fully saturated rings. The molecule has 0 saturated heterocycles. The molecule has 0 aromatic heterocycles. The Kier molecular flexibility index (Phi) is 2.91. The van der Waals surface area contributed by atoms with Gasteiger partial charge in [-0.1, -0.05) is 18.2 Å². The van der Waals surface area contributed by atoms with Gasteiger partial charge >= 0.3 is 6.18 Å². The Morgan fingerprint density at radius 3 is 2.38 bits per heavy atom. The van der Waals surface area contributed by atoms with Gasteiger partial charge in [0.15, 0.2) is 0 Å². The van der Waals surface area contributed by atoms with Gasteiger partial charge < -0.3 is 0 Å². The number of rotatable bonds is 1. The second-order valence-electron chi connectivity index (χ2n) is 2.80. The van der Waals surface area contributed by atoms with Gasteiger partial charge in [-0.3, -0.25) is 0 Å². The minimum Gasteiger partial charge on any atom is -0.171 e. The van der Waals surface area contributed by atoms with Crippen LogP contribution in [0, 0.1) is 0 Å². The molecule has 0 heterocycles. The Bertz CT molecular complexity index is 291. The van der Waals surface area contributed by atoms with Gasteiger partial charge in [0.25, 0.3) is 0 Å². The van der Waals surface area contributed by atoms with E-state index in [1.54, 1.807) is 13.0 Å². The molecular formula is C9H9F3S. The van der Waals surface area contributed by atoms with Gasteiger partial charge in [-0.2, -0.15) is 25.8 Å². The molecule has 0 aliphatic rings. The van der Waals surface area contributed by atoms with Crippen LogP contribution in [0.4, 0.5) is 13.2 Å². The van der Waals surface area contributed by atoms with Crippen molar-refractivity contribution in [3.8, 4) is 0 Å². The topological polar surface area (TPSA) is 0 Å². The Labute approximate surface area is 80.2 Å². The van der Waals surface area contributed by atoms with Crippen LogP contribution in [0.5, 0.6) is 0 Å². The van der Waals surface area contributed by atoms with E-state index in [0.29, 0.717) is 5.56 Å². The van der Waals surface area contributed by atoms with Crippen LogP contribution in [0.15, 0.2) is 24.3 Å². The zero-order valence-corrected chi connectivity index (χ0v) is 7.86. The number of hydrogen-bond donors (Lipinski definition) is 1. The van der Waals surface area contributed by atoms with E-state index in [9.17, 15) is 13.2 Å². The minimum absolute atomic E-state index is 0.178. The highest BCUT2D eigenvalue weighted by Gasteiger charge is 2.30. The summed E-state index contributed by atoms with van der Waals surface area (Å²) >= 11 is 4.06. The van der Waals surface area contributed by atoms with Crippen LogP contribution in [0.1, 0.15) is 23.3 Å². The summed E-state index contributed by atoms with van der Waals surface area (Å²) in [4.78, 5) is 0. The Hall–Kier alpha value is -0.640. The smallest absolute Gasteiger partial charge is 0.171 e. The second kappa shape index (κ2) is 3.62. The molecule has 1 rings (SSSR count). The van der Waals surface area contributed by atoms with Crippen molar-refractivity contribution in [2.24, 2.45) is 0 Å². The van der Waals surface area contributed by atoms with Crippen LogP contribution < -0.4 is 0 Å². The molecule has 4 heteroatoms. The predicted molar refractivity (Wildman–Crippen MR) is 48.8 cm³/mol. The lowest BCUT2D eigenvalue weighted by Gasteiger charge is -2.09. The molecule has 0 spiro atoms. The first kappa shape index (κ1) is 10.4. The van der Waals surface area contributed by atoms with Crippen LogP contribution >= 0.6 is 12.6 Å². The zero-order chi connectivity index (χ0) is 10.1. The van der Waals surface area contributed by atoms with E-state index in [0.717, 1.165) is 12.1 Å². The molecule has 72 valence electrons. The van der Waals surface area contributed by atoms with E-state index in [4.69, 9.17) is 0 Å². The molecule has 0 amide bonds. The van der Waals surface area contributed by atoms with Crippen molar-refractivity contribution in [1.82, 2.24) is 0 Å². The van der Waals surface area contributed by atoms with Gasteiger partial charge in [0.1, 0.15) is 0 Å². The fourth-order valence-electron chi connectivity index (χ4n) is 0.975. The van der Waals surface area contributed by atoms with Gasteiger partial charge in [-0.25, -0.2) is 0 Å². The molecule has 0 nitrogen and oxygen atoms in total. The predicted octanol–water partition coefficient (Wildman–Crippen LogP) is 3.70. The quantitative estimate of drug-likeness (QED) is 0.665. The van der Waals surface area contributed by atoms with Gasteiger partial charge in [0, 0.05) is 5.25 Å². The van der Waals surface area contributed by atoms with Crippen molar-refractivity contribution in [2.75, 3.05) is 0 Å². The Balaban J connectivity index is 3.06. The number of alkyl halides is 3. The van der Waals surface area contributed by atoms with Crippen molar-refractivity contribution in [3.63, 3.8) is 0 Å². The Morgan fingerprint density at radius 1 is 1.31 bits per heavy atom. The highest BCUT2D eigenvalue weighted by molar-refractivity contribution is 7.80. The van der Waals surface area contributed by atoms with Gasteiger partial charge in [0.2, 0.25) is 0 Å². The fourth-order valence-corrected chi connectivity index (χ4v) is 1.14. The summed E-state index contributed by atoms with van der Waals surface area (Å²) in [6, 6.07) is 5.20. The average Bonchev–Trinajstić information content (AvgIpc) is 2.03. The van der Waals surface area contributed by atoms with Crippen molar-refractivity contribution in [2.45, 2.75) is 18.3 Å². The van der Waals surface area contributed by atoms with Crippen LogP contribution in [0.3, 0.4) is 0 Å². The maximum absolute atomic E-state index is 12.2. The highest BCUT2D eigenvalue weighted by atomic mass is 32.1. The standard InChI is InChI=1S/C9H9F3S/c1-6(13)7-3-2-4-8(5-7)9(10,11)12/h2-6,13H,1H3. The SMILES string of the molecule is CC(S)c1cccc(C(F)(F)F)c1. The fraction of sp³-hybridized carbons (Fsp3) is 0.333. The third kappa shape index (κ3) is 2.66. The molecule has 1 atom stereocenters. The van der Waals surface area contributed by atoms with Crippen LogP contribution in [-0.2, 0) is 6.18 Å². The van der Waals surface area contributed by atoms with E-state index in [1.807, 2.05) is 0 Å². The molecule has 0 bridgehead atoms. The molecule has 0 aliphatic heterocycles. The molecule has 1 unspecified atom stereocenters. The highest BCUT2D eigenvalue weighted by Crippen LogP contribution is 2.31. The molecular weight excluding hydrogens is 197 g/mol. The summed E-state index contributed by atoms with van der Waals surface area (Å²) in [7, 11) is 0. The van der Waals surface area contributed by atoms with E-state index in [-0.39, 0.29) is 5.25 Å². The maximum atomic E-state index is 12.2. The first-order valence-corrected chi connectivity index (χ1v) is 4.28. The van der Waals surface area contributed by atoms with E-state index in [1.165, 1.54) is 6.07 Å². The number of halogens is 3. The maximum Gasteiger partial charge on any atom is 0.416 e. The van der Waals surface area contributed by atoms with E-state index >= 15 is 0 Å². The van der Waals surface area contributed by atoms with Crippen molar-refractivity contribution < 1.29 is 13.2 Å². The second-order valence-corrected chi connectivity index (χ2v) is 3.57. The molecule has 0 aliphatic carbocycles. The summed E-state index contributed by atoms with van der Waals surface area (Å²) in [6.45, 7) is 1.73. The number of thiol groups is 1. The van der Waals surface area contributed by atoms with Gasteiger partial charge in [-0.15, -0.1) is 0 Å². The van der Waals surface area contributed by atoms with Crippen molar-refractivity contribution in [1.29, 1.82) is 0 Å². The lowest BCUT2D eigenvalue weighted by atomic mass is 10.1. The summed E-state index contributed by atoms with van der Waals surface area (Å²) in [5, 5.41) is -0.178. The van der Waals surface area contributed by atoms with Crippen LogP contribution in [-0.4, -0.2) is 0 Å².